The first-order chi connectivity index (χ1) is 31.1. The molecular formula is C56H102O7. The van der Waals surface area contributed by atoms with Crippen molar-refractivity contribution in [1.29, 1.82) is 0 Å². The van der Waals surface area contributed by atoms with Gasteiger partial charge in [0.15, 0.2) is 6.29 Å². The van der Waals surface area contributed by atoms with Gasteiger partial charge in [0.1, 0.15) is 6.61 Å². The van der Waals surface area contributed by atoms with Crippen molar-refractivity contribution in [2.45, 2.75) is 277 Å². The molecule has 63 heavy (non-hydrogen) atoms. The maximum atomic E-state index is 12.5. The van der Waals surface area contributed by atoms with E-state index in [1.165, 1.54) is 256 Å². The smallest absolute Gasteiger partial charge is 0.339 e. The first kappa shape index (κ1) is 59.1. The predicted octanol–water partition coefficient (Wildman–Crippen LogP) is 17.6. The topological polar surface area (TPSA) is 91.3 Å². The third-order valence-corrected chi connectivity index (χ3v) is 12.7. The fourth-order valence-electron chi connectivity index (χ4n) is 8.59. The zero-order chi connectivity index (χ0) is 45.4. The van der Waals surface area contributed by atoms with Gasteiger partial charge >= 0.3 is 11.9 Å². The number of carboxylic acids is 1. The second kappa shape index (κ2) is 48.0. The Morgan fingerprint density at radius 3 is 0.984 bits per heavy atom. The van der Waals surface area contributed by atoms with E-state index in [9.17, 15) is 14.7 Å². The zero-order valence-corrected chi connectivity index (χ0v) is 41.6. The molecule has 368 valence electrons. The summed E-state index contributed by atoms with van der Waals surface area (Å²) >= 11 is 0. The summed E-state index contributed by atoms with van der Waals surface area (Å²) in [6.07, 6.45) is 54.1. The molecule has 0 aliphatic rings. The fraction of sp³-hybridized carbons (Fsp3) is 0.857. The minimum atomic E-state index is -1.16. The summed E-state index contributed by atoms with van der Waals surface area (Å²) < 4.78 is 23.4. The van der Waals surface area contributed by atoms with Gasteiger partial charge in [0.05, 0.1) is 24.3 Å². The summed E-state index contributed by atoms with van der Waals surface area (Å²) in [4.78, 5) is 24.0. The summed E-state index contributed by atoms with van der Waals surface area (Å²) in [5.41, 5.74) is -0.0282. The molecular weight excluding hydrogens is 785 g/mol. The molecule has 1 aromatic carbocycles. The average Bonchev–Trinajstić information content (AvgIpc) is 3.29. The third-order valence-electron chi connectivity index (χ3n) is 12.7. The Morgan fingerprint density at radius 1 is 0.397 bits per heavy atom. The minimum absolute atomic E-state index is 0.0260. The SMILES string of the molecule is CCCCCCCCCCCCCCCCCCCCCCOC(COCCOC(=O)c1ccccc1C(=O)O)OCCCCCCCCCCCCCCCCCCCCCC. The summed E-state index contributed by atoms with van der Waals surface area (Å²) in [7, 11) is 0. The monoisotopic (exact) mass is 887 g/mol. The van der Waals surface area contributed by atoms with Gasteiger partial charge in [0.2, 0.25) is 0 Å². The van der Waals surface area contributed by atoms with Gasteiger partial charge < -0.3 is 24.1 Å². The van der Waals surface area contributed by atoms with Gasteiger partial charge in [-0.25, -0.2) is 9.59 Å². The standard InChI is InChI=1S/C56H102O7/c1-3-5-7-9-11-13-15-17-19-21-23-25-27-29-31-33-35-37-39-43-47-61-54(51-60-49-50-63-56(59)53-46-42-41-45-52(53)55(57)58)62-48-44-40-38-36-34-32-30-28-26-24-22-20-18-16-14-12-10-8-6-4-2/h41-42,45-46,54H,3-40,43-44,47-51H2,1-2H3,(H,57,58). The molecule has 0 fully saturated rings. The number of unbranched alkanes of at least 4 members (excludes halogenated alkanes) is 38. The molecule has 0 aliphatic heterocycles. The van der Waals surface area contributed by atoms with Crippen LogP contribution >= 0.6 is 0 Å². The Morgan fingerprint density at radius 2 is 0.683 bits per heavy atom. The molecule has 1 N–H and O–H groups in total. The van der Waals surface area contributed by atoms with E-state index >= 15 is 0 Å². The van der Waals surface area contributed by atoms with Crippen molar-refractivity contribution in [2.24, 2.45) is 0 Å². The first-order valence-corrected chi connectivity index (χ1v) is 27.4. The van der Waals surface area contributed by atoms with Crippen molar-refractivity contribution in [2.75, 3.05) is 33.0 Å². The van der Waals surface area contributed by atoms with Crippen LogP contribution in [0.15, 0.2) is 24.3 Å². The molecule has 0 aromatic heterocycles. The van der Waals surface area contributed by atoms with Gasteiger partial charge in [-0.2, -0.15) is 0 Å². The molecule has 0 heterocycles. The predicted molar refractivity (Wildman–Crippen MR) is 266 cm³/mol. The van der Waals surface area contributed by atoms with Crippen molar-refractivity contribution < 1.29 is 33.6 Å². The molecule has 0 unspecified atom stereocenters. The molecule has 1 aromatic rings. The van der Waals surface area contributed by atoms with Crippen LogP contribution in [-0.2, 0) is 18.9 Å². The number of ether oxygens (including phenoxy) is 4. The number of rotatable bonds is 51. The lowest BCUT2D eigenvalue weighted by Gasteiger charge is -2.19. The Hall–Kier alpha value is -1.96. The highest BCUT2D eigenvalue weighted by atomic mass is 16.7. The molecule has 0 atom stereocenters. The Kier molecular flexibility index (Phi) is 45.0. The molecule has 7 nitrogen and oxygen atoms in total. The number of aromatic carboxylic acids is 1. The van der Waals surface area contributed by atoms with Crippen LogP contribution in [0.2, 0.25) is 0 Å². The summed E-state index contributed by atoms with van der Waals surface area (Å²) in [5.74, 6) is -1.82. The molecule has 0 saturated heterocycles. The van der Waals surface area contributed by atoms with E-state index in [-0.39, 0.29) is 30.9 Å². The molecule has 0 spiro atoms. The lowest BCUT2D eigenvalue weighted by atomic mass is 10.0. The number of hydrogen-bond donors (Lipinski definition) is 1. The van der Waals surface area contributed by atoms with E-state index in [0.717, 1.165) is 12.8 Å². The lowest BCUT2D eigenvalue weighted by Crippen LogP contribution is -2.26. The van der Waals surface area contributed by atoms with Crippen LogP contribution in [-0.4, -0.2) is 56.4 Å². The van der Waals surface area contributed by atoms with Crippen molar-refractivity contribution in [3.63, 3.8) is 0 Å². The quantitative estimate of drug-likeness (QED) is 0.0396. The lowest BCUT2D eigenvalue weighted by molar-refractivity contribution is -0.174. The largest absolute Gasteiger partial charge is 0.478 e. The van der Waals surface area contributed by atoms with Crippen LogP contribution < -0.4 is 0 Å². The Bertz CT molecular complexity index is 1060. The van der Waals surface area contributed by atoms with E-state index in [1.807, 2.05) is 0 Å². The second-order valence-corrected chi connectivity index (χ2v) is 18.7. The normalized spacial score (nSPS) is 11.5. The molecule has 0 aliphatic carbocycles. The Balaban J connectivity index is 2.13. The van der Waals surface area contributed by atoms with Crippen molar-refractivity contribution >= 4 is 11.9 Å². The Labute approximate surface area is 389 Å². The maximum absolute atomic E-state index is 12.5. The van der Waals surface area contributed by atoms with Crippen LogP contribution in [0.4, 0.5) is 0 Å². The number of carbonyl (C=O) groups is 2. The minimum Gasteiger partial charge on any atom is -0.478 e. The number of benzene rings is 1. The van der Waals surface area contributed by atoms with Crippen molar-refractivity contribution in [1.82, 2.24) is 0 Å². The van der Waals surface area contributed by atoms with E-state index in [2.05, 4.69) is 13.8 Å². The first-order valence-electron chi connectivity index (χ1n) is 27.4. The third kappa shape index (κ3) is 40.1. The highest BCUT2D eigenvalue weighted by Crippen LogP contribution is 2.18. The fourth-order valence-corrected chi connectivity index (χ4v) is 8.59. The zero-order valence-electron chi connectivity index (χ0n) is 41.6. The van der Waals surface area contributed by atoms with Crippen LogP contribution in [0.25, 0.3) is 0 Å². The van der Waals surface area contributed by atoms with Gasteiger partial charge in [-0.05, 0) is 25.0 Å². The van der Waals surface area contributed by atoms with E-state index < -0.39 is 18.2 Å². The molecule has 1 rings (SSSR count). The summed E-state index contributed by atoms with van der Waals surface area (Å²) in [6.45, 7) is 6.35. The molecule has 0 amide bonds. The van der Waals surface area contributed by atoms with Crippen LogP contribution in [0.5, 0.6) is 0 Å². The second-order valence-electron chi connectivity index (χ2n) is 18.7. The van der Waals surface area contributed by atoms with Gasteiger partial charge in [-0.15, -0.1) is 0 Å². The molecule has 0 saturated carbocycles. The number of carbonyl (C=O) groups excluding carboxylic acids is 1. The maximum Gasteiger partial charge on any atom is 0.339 e. The highest BCUT2D eigenvalue weighted by molar-refractivity contribution is 6.02. The van der Waals surface area contributed by atoms with Crippen LogP contribution in [0, 0.1) is 0 Å². The number of esters is 1. The van der Waals surface area contributed by atoms with Gasteiger partial charge in [-0.1, -0.05) is 270 Å². The van der Waals surface area contributed by atoms with Gasteiger partial charge in [0, 0.05) is 13.2 Å². The molecule has 0 radical (unpaired) electrons. The molecule has 0 bridgehead atoms. The number of carboxylic acid groups (broad SMARTS) is 1. The van der Waals surface area contributed by atoms with E-state index in [4.69, 9.17) is 18.9 Å². The van der Waals surface area contributed by atoms with Crippen LogP contribution in [0.1, 0.15) is 291 Å². The van der Waals surface area contributed by atoms with Crippen molar-refractivity contribution in [3.05, 3.63) is 35.4 Å². The summed E-state index contributed by atoms with van der Waals surface area (Å²) in [5, 5.41) is 9.39. The van der Waals surface area contributed by atoms with E-state index in [0.29, 0.717) is 13.2 Å². The van der Waals surface area contributed by atoms with Gasteiger partial charge in [0.25, 0.3) is 0 Å². The van der Waals surface area contributed by atoms with Crippen molar-refractivity contribution in [3.8, 4) is 0 Å². The number of hydrogen-bond acceptors (Lipinski definition) is 6. The summed E-state index contributed by atoms with van der Waals surface area (Å²) in [6, 6.07) is 6.08. The molecule has 7 heteroatoms. The average molecular weight is 887 g/mol. The van der Waals surface area contributed by atoms with Gasteiger partial charge in [-0.3, -0.25) is 0 Å². The highest BCUT2D eigenvalue weighted by Gasteiger charge is 2.17. The van der Waals surface area contributed by atoms with E-state index in [1.54, 1.807) is 12.1 Å². The van der Waals surface area contributed by atoms with Crippen LogP contribution in [0.3, 0.4) is 0 Å².